The van der Waals surface area contributed by atoms with Crippen LogP contribution in [0.15, 0.2) is 30.9 Å². The molecule has 0 bridgehead atoms. The first-order valence-corrected chi connectivity index (χ1v) is 9.46. The molecule has 26 heavy (non-hydrogen) atoms. The normalized spacial score (nSPS) is 23.4. The third-order valence-corrected chi connectivity index (χ3v) is 6.16. The van der Waals surface area contributed by atoms with Gasteiger partial charge in [-0.1, -0.05) is 6.07 Å². The molecule has 138 valence electrons. The van der Waals surface area contributed by atoms with Crippen LogP contribution in [-0.4, -0.2) is 40.6 Å². The van der Waals surface area contributed by atoms with E-state index in [0.717, 1.165) is 38.1 Å². The Morgan fingerprint density at radius 1 is 1.38 bits per heavy atom. The summed E-state index contributed by atoms with van der Waals surface area (Å²) >= 11 is 0. The van der Waals surface area contributed by atoms with Crippen LogP contribution in [0.3, 0.4) is 0 Å². The van der Waals surface area contributed by atoms with Crippen molar-refractivity contribution in [1.29, 1.82) is 0 Å². The molecule has 5 heteroatoms. The molecular formula is C21H27N3O2. The molecule has 1 saturated carbocycles. The van der Waals surface area contributed by atoms with Gasteiger partial charge in [0.25, 0.3) is 0 Å². The highest BCUT2D eigenvalue weighted by Gasteiger charge is 2.61. The summed E-state index contributed by atoms with van der Waals surface area (Å²) in [4.78, 5) is 19.0. The van der Waals surface area contributed by atoms with Crippen molar-refractivity contribution in [2.75, 3.05) is 20.2 Å². The average molecular weight is 353 g/mol. The summed E-state index contributed by atoms with van der Waals surface area (Å²) in [7, 11) is 1.93. The lowest BCUT2D eigenvalue weighted by Crippen LogP contribution is -2.33. The lowest BCUT2D eigenvalue weighted by molar-refractivity contribution is -0.131. The number of benzene rings is 1. The highest BCUT2D eigenvalue weighted by molar-refractivity contribution is 5.85. The van der Waals surface area contributed by atoms with Crippen LogP contribution in [0.1, 0.15) is 36.0 Å². The summed E-state index contributed by atoms with van der Waals surface area (Å²) in [6, 6.07) is 4.39. The van der Waals surface area contributed by atoms with Gasteiger partial charge in [-0.15, -0.1) is 0 Å². The number of imidazole rings is 1. The molecule has 5 nitrogen and oxygen atoms in total. The van der Waals surface area contributed by atoms with Gasteiger partial charge in [-0.05, 0) is 50.3 Å². The van der Waals surface area contributed by atoms with Crippen molar-refractivity contribution in [3.05, 3.63) is 47.5 Å². The zero-order valence-electron chi connectivity index (χ0n) is 15.9. The first-order valence-electron chi connectivity index (χ1n) is 9.46. The van der Waals surface area contributed by atoms with E-state index >= 15 is 0 Å². The lowest BCUT2D eigenvalue weighted by atomic mass is 9.85. The second-order valence-corrected chi connectivity index (χ2v) is 7.86. The molecule has 0 saturated heterocycles. The lowest BCUT2D eigenvalue weighted by Gasteiger charge is -2.29. The van der Waals surface area contributed by atoms with Crippen molar-refractivity contribution in [2.24, 2.45) is 5.92 Å². The fraction of sp³-hybridized carbons (Fsp3) is 0.524. The molecule has 1 amide bonds. The molecule has 0 unspecified atom stereocenters. The third-order valence-electron chi connectivity index (χ3n) is 6.16. The van der Waals surface area contributed by atoms with Crippen LogP contribution in [0.2, 0.25) is 0 Å². The number of aromatic nitrogens is 2. The van der Waals surface area contributed by atoms with Crippen LogP contribution in [0.25, 0.3) is 0 Å². The molecule has 2 atom stereocenters. The molecule has 2 heterocycles. The average Bonchev–Trinajstić information content (AvgIpc) is 3.08. The molecule has 1 fully saturated rings. The number of carbonyl (C=O) groups excluding carboxylic acids is 1. The van der Waals surface area contributed by atoms with Crippen molar-refractivity contribution in [3.8, 4) is 5.75 Å². The smallest absolute Gasteiger partial charge is 0.226 e. The number of rotatable bonds is 5. The minimum absolute atomic E-state index is 0.00172. The van der Waals surface area contributed by atoms with Crippen molar-refractivity contribution < 1.29 is 9.53 Å². The molecule has 1 aliphatic carbocycles. The Kier molecular flexibility index (Phi) is 4.25. The van der Waals surface area contributed by atoms with Crippen LogP contribution in [0.5, 0.6) is 5.75 Å². The highest BCUT2D eigenvalue weighted by atomic mass is 16.5. The number of aryl methyl sites for hydroxylation is 3. The Hall–Kier alpha value is -2.30. The van der Waals surface area contributed by atoms with Gasteiger partial charge in [0.15, 0.2) is 0 Å². The number of amides is 1. The van der Waals surface area contributed by atoms with Crippen LogP contribution < -0.4 is 4.74 Å². The van der Waals surface area contributed by atoms with E-state index in [1.54, 1.807) is 6.20 Å². The number of hydrogen-bond acceptors (Lipinski definition) is 3. The maximum absolute atomic E-state index is 13.0. The molecule has 2 aromatic rings. The molecule has 0 N–H and O–H groups in total. The van der Waals surface area contributed by atoms with E-state index in [1.165, 1.54) is 16.7 Å². The predicted octanol–water partition coefficient (Wildman–Crippen LogP) is 3.09. The van der Waals surface area contributed by atoms with Crippen LogP contribution in [-0.2, 0) is 16.8 Å². The first-order chi connectivity index (χ1) is 12.5. The highest BCUT2D eigenvalue weighted by Crippen LogP contribution is 2.61. The first kappa shape index (κ1) is 17.1. The Bertz CT molecular complexity index is 815. The topological polar surface area (TPSA) is 47.4 Å². The summed E-state index contributed by atoms with van der Waals surface area (Å²) in [6.45, 7) is 6.63. The summed E-state index contributed by atoms with van der Waals surface area (Å²) in [6.07, 6.45) is 8.41. The number of ether oxygens (including phenoxy) is 1. The van der Waals surface area contributed by atoms with Crippen molar-refractivity contribution >= 4 is 5.91 Å². The third kappa shape index (κ3) is 2.89. The molecule has 1 aliphatic heterocycles. The van der Waals surface area contributed by atoms with Gasteiger partial charge in [0.05, 0.1) is 12.9 Å². The van der Waals surface area contributed by atoms with E-state index in [4.69, 9.17) is 4.74 Å². The maximum Gasteiger partial charge on any atom is 0.226 e. The molecule has 4 rings (SSSR count). The largest absolute Gasteiger partial charge is 0.493 e. The quantitative estimate of drug-likeness (QED) is 0.830. The number of hydrogen-bond donors (Lipinski definition) is 0. The maximum atomic E-state index is 13.0. The van der Waals surface area contributed by atoms with Crippen LogP contribution >= 0.6 is 0 Å². The van der Waals surface area contributed by atoms with E-state index < -0.39 is 0 Å². The standard InChI is InChI=1S/C21H27N3O2/c1-15-11-17-19(12-16(15)2)26-10-5-21(17)13-18(21)20(25)23(3)7-4-8-24-9-6-22-14-24/h6,9,11-12,14,18H,4-5,7-8,10,13H2,1-3H3/t18-,21-/m0/s1. The summed E-state index contributed by atoms with van der Waals surface area (Å²) in [5.41, 5.74) is 3.78. The van der Waals surface area contributed by atoms with E-state index in [2.05, 4.69) is 35.5 Å². The van der Waals surface area contributed by atoms with Gasteiger partial charge in [0.1, 0.15) is 5.75 Å². The van der Waals surface area contributed by atoms with Gasteiger partial charge in [-0.3, -0.25) is 4.79 Å². The molecule has 2 aliphatic rings. The molecule has 0 radical (unpaired) electrons. The number of nitrogens with zero attached hydrogens (tertiary/aromatic N) is 3. The van der Waals surface area contributed by atoms with Crippen molar-refractivity contribution in [1.82, 2.24) is 14.5 Å². The van der Waals surface area contributed by atoms with E-state index in [0.29, 0.717) is 6.61 Å². The Balaban J connectivity index is 1.43. The molecule has 1 aromatic carbocycles. The summed E-state index contributed by atoms with van der Waals surface area (Å²) < 4.78 is 7.95. The fourth-order valence-corrected chi connectivity index (χ4v) is 4.26. The van der Waals surface area contributed by atoms with Gasteiger partial charge >= 0.3 is 0 Å². The van der Waals surface area contributed by atoms with Gasteiger partial charge in [0.2, 0.25) is 5.91 Å². The Morgan fingerprint density at radius 3 is 2.96 bits per heavy atom. The molecular weight excluding hydrogens is 326 g/mol. The fourth-order valence-electron chi connectivity index (χ4n) is 4.26. The van der Waals surface area contributed by atoms with Gasteiger partial charge in [-0.25, -0.2) is 4.98 Å². The molecule has 1 spiro atoms. The Morgan fingerprint density at radius 2 is 2.19 bits per heavy atom. The second kappa shape index (κ2) is 6.45. The second-order valence-electron chi connectivity index (χ2n) is 7.86. The van der Waals surface area contributed by atoms with Gasteiger partial charge in [0, 0.05) is 49.4 Å². The molecule has 1 aromatic heterocycles. The van der Waals surface area contributed by atoms with Gasteiger partial charge in [-0.2, -0.15) is 0 Å². The number of carbonyl (C=O) groups is 1. The summed E-state index contributed by atoms with van der Waals surface area (Å²) in [5, 5.41) is 0. The van der Waals surface area contributed by atoms with Crippen LogP contribution in [0.4, 0.5) is 0 Å². The van der Waals surface area contributed by atoms with E-state index in [-0.39, 0.29) is 17.2 Å². The SMILES string of the molecule is Cc1cc2c(cc1C)[C@]1(CCO2)C[C@H]1C(=O)N(C)CCCn1ccnc1. The van der Waals surface area contributed by atoms with E-state index in [1.807, 2.05) is 24.5 Å². The monoisotopic (exact) mass is 353 g/mol. The minimum atomic E-state index is 0.00172. The van der Waals surface area contributed by atoms with E-state index in [9.17, 15) is 4.79 Å². The van der Waals surface area contributed by atoms with Crippen molar-refractivity contribution in [3.63, 3.8) is 0 Å². The Labute approximate surface area is 155 Å². The van der Waals surface area contributed by atoms with Gasteiger partial charge < -0.3 is 14.2 Å². The zero-order chi connectivity index (χ0) is 18.3. The van der Waals surface area contributed by atoms with Crippen molar-refractivity contribution in [2.45, 2.75) is 45.1 Å². The van der Waals surface area contributed by atoms with Crippen LogP contribution in [0, 0.1) is 19.8 Å². The zero-order valence-corrected chi connectivity index (χ0v) is 15.9. The summed E-state index contributed by atoms with van der Waals surface area (Å²) in [5.74, 6) is 1.37. The number of fused-ring (bicyclic) bond motifs is 2. The predicted molar refractivity (Wildman–Crippen MR) is 100 cm³/mol. The minimum Gasteiger partial charge on any atom is -0.493 e.